The number of anilines is 1. The minimum atomic E-state index is -0.517. The molecule has 1 aliphatic rings. The van der Waals surface area contributed by atoms with Gasteiger partial charge < -0.3 is 15.5 Å². The van der Waals surface area contributed by atoms with Crippen LogP contribution in [0.15, 0.2) is 18.2 Å². The van der Waals surface area contributed by atoms with E-state index < -0.39 is 4.92 Å². The molecule has 1 saturated heterocycles. The first-order valence-electron chi connectivity index (χ1n) is 5.52. The van der Waals surface area contributed by atoms with Gasteiger partial charge in [0.05, 0.1) is 4.92 Å². The Hall–Kier alpha value is -2.31. The van der Waals surface area contributed by atoms with E-state index in [9.17, 15) is 14.9 Å². The molecule has 2 N–H and O–H groups in total. The molecular formula is C11H14N4O3. The standard InChI is InChI=1S/C11H14N4O3/c1-13-5-6-14(11(13)16)7-8-3-2-4-9(10(8)12)15(17)18/h2-4H,5-7,12H2,1H3. The molecule has 96 valence electrons. The number of rotatable bonds is 3. The molecule has 7 heteroatoms. The quantitative estimate of drug-likeness (QED) is 0.493. The third-order valence-corrected chi connectivity index (χ3v) is 3.03. The van der Waals surface area contributed by atoms with Gasteiger partial charge in [-0.15, -0.1) is 0 Å². The van der Waals surface area contributed by atoms with E-state index in [0.717, 1.165) is 0 Å². The van der Waals surface area contributed by atoms with Crippen molar-refractivity contribution >= 4 is 17.4 Å². The number of carbonyl (C=O) groups is 1. The summed E-state index contributed by atoms with van der Waals surface area (Å²) in [6, 6.07) is 4.56. The molecule has 2 rings (SSSR count). The molecule has 1 aromatic carbocycles. The van der Waals surface area contributed by atoms with E-state index in [0.29, 0.717) is 25.2 Å². The average Bonchev–Trinajstić information content (AvgIpc) is 2.63. The number of nitrogens with two attached hydrogens (primary N) is 1. The monoisotopic (exact) mass is 250 g/mol. The van der Waals surface area contributed by atoms with E-state index in [1.807, 2.05) is 0 Å². The summed E-state index contributed by atoms with van der Waals surface area (Å²) in [6.45, 7) is 1.57. The first-order valence-corrected chi connectivity index (χ1v) is 5.52. The van der Waals surface area contributed by atoms with Crippen LogP contribution in [0.3, 0.4) is 0 Å². The second-order valence-corrected chi connectivity index (χ2v) is 4.23. The Labute approximate surface area is 104 Å². The van der Waals surface area contributed by atoms with Crippen LogP contribution in [-0.2, 0) is 6.54 Å². The lowest BCUT2D eigenvalue weighted by atomic mass is 10.1. The number of nitro groups is 1. The zero-order valence-electron chi connectivity index (χ0n) is 10.00. The summed E-state index contributed by atoms with van der Waals surface area (Å²) in [4.78, 5) is 25.2. The number of carbonyl (C=O) groups excluding carboxylic acids is 1. The predicted octanol–water partition coefficient (Wildman–Crippen LogP) is 1.04. The number of likely N-dealkylation sites (N-methyl/N-ethyl adjacent to an activating group) is 1. The van der Waals surface area contributed by atoms with Gasteiger partial charge in [0, 0.05) is 38.3 Å². The van der Waals surface area contributed by atoms with Crippen LogP contribution in [0.2, 0.25) is 0 Å². The number of nitrogens with zero attached hydrogens (tertiary/aromatic N) is 3. The van der Waals surface area contributed by atoms with Crippen LogP contribution in [0.4, 0.5) is 16.2 Å². The van der Waals surface area contributed by atoms with Crippen LogP contribution >= 0.6 is 0 Å². The summed E-state index contributed by atoms with van der Waals surface area (Å²) < 4.78 is 0. The zero-order chi connectivity index (χ0) is 13.3. The number of para-hydroxylation sites is 1. The Morgan fingerprint density at radius 1 is 1.44 bits per heavy atom. The predicted molar refractivity (Wildman–Crippen MR) is 65.9 cm³/mol. The Bertz CT molecular complexity index is 503. The summed E-state index contributed by atoms with van der Waals surface area (Å²) in [6.07, 6.45) is 0. The van der Waals surface area contributed by atoms with E-state index >= 15 is 0 Å². The minimum Gasteiger partial charge on any atom is -0.393 e. The summed E-state index contributed by atoms with van der Waals surface area (Å²) in [5, 5.41) is 10.8. The SMILES string of the molecule is CN1CCN(Cc2cccc([N+](=O)[O-])c2N)C1=O. The van der Waals surface area contributed by atoms with Crippen molar-refractivity contribution in [2.24, 2.45) is 0 Å². The molecule has 0 atom stereocenters. The van der Waals surface area contributed by atoms with Gasteiger partial charge in [0.25, 0.3) is 5.69 Å². The van der Waals surface area contributed by atoms with Crippen molar-refractivity contribution in [2.75, 3.05) is 25.9 Å². The number of amides is 2. The normalized spacial score (nSPS) is 15.3. The van der Waals surface area contributed by atoms with Crippen LogP contribution in [0.5, 0.6) is 0 Å². The van der Waals surface area contributed by atoms with Gasteiger partial charge in [0.1, 0.15) is 5.69 Å². The van der Waals surface area contributed by atoms with Gasteiger partial charge in [-0.25, -0.2) is 4.79 Å². The topological polar surface area (TPSA) is 92.7 Å². The van der Waals surface area contributed by atoms with E-state index in [-0.39, 0.29) is 17.4 Å². The number of hydrogen-bond acceptors (Lipinski definition) is 4. The highest BCUT2D eigenvalue weighted by molar-refractivity contribution is 5.76. The second kappa shape index (κ2) is 4.52. The number of nitrogen functional groups attached to an aromatic ring is 1. The zero-order valence-corrected chi connectivity index (χ0v) is 10.00. The van der Waals surface area contributed by atoms with Crippen molar-refractivity contribution < 1.29 is 9.72 Å². The maximum absolute atomic E-state index is 11.7. The van der Waals surface area contributed by atoms with Crippen LogP contribution in [0.1, 0.15) is 5.56 Å². The number of urea groups is 1. The van der Waals surface area contributed by atoms with Gasteiger partial charge in [-0.05, 0) is 0 Å². The molecule has 0 saturated carbocycles. The molecule has 0 bridgehead atoms. The Morgan fingerprint density at radius 3 is 2.72 bits per heavy atom. The van der Waals surface area contributed by atoms with Gasteiger partial charge in [-0.1, -0.05) is 12.1 Å². The number of nitro benzene ring substituents is 1. The van der Waals surface area contributed by atoms with E-state index in [2.05, 4.69) is 0 Å². The van der Waals surface area contributed by atoms with E-state index in [4.69, 9.17) is 5.73 Å². The first kappa shape index (κ1) is 12.2. The molecule has 1 heterocycles. The fraction of sp³-hybridized carbons (Fsp3) is 0.364. The molecular weight excluding hydrogens is 236 g/mol. The molecule has 0 radical (unpaired) electrons. The molecule has 0 aromatic heterocycles. The van der Waals surface area contributed by atoms with Crippen molar-refractivity contribution in [1.82, 2.24) is 9.80 Å². The van der Waals surface area contributed by atoms with Crippen LogP contribution in [0, 0.1) is 10.1 Å². The highest BCUT2D eigenvalue weighted by Crippen LogP contribution is 2.26. The smallest absolute Gasteiger partial charge is 0.320 e. The van der Waals surface area contributed by atoms with Crippen LogP contribution < -0.4 is 5.73 Å². The Morgan fingerprint density at radius 2 is 2.17 bits per heavy atom. The average molecular weight is 250 g/mol. The largest absolute Gasteiger partial charge is 0.393 e. The number of benzene rings is 1. The van der Waals surface area contributed by atoms with Crippen molar-refractivity contribution in [3.8, 4) is 0 Å². The number of hydrogen-bond donors (Lipinski definition) is 1. The fourth-order valence-electron chi connectivity index (χ4n) is 1.95. The Balaban J connectivity index is 2.22. The fourth-order valence-corrected chi connectivity index (χ4v) is 1.95. The van der Waals surface area contributed by atoms with E-state index in [1.54, 1.807) is 29.0 Å². The van der Waals surface area contributed by atoms with Gasteiger partial charge in [-0.3, -0.25) is 10.1 Å². The molecule has 1 fully saturated rings. The molecule has 1 aliphatic heterocycles. The van der Waals surface area contributed by atoms with Crippen molar-refractivity contribution in [3.05, 3.63) is 33.9 Å². The second-order valence-electron chi connectivity index (χ2n) is 4.23. The van der Waals surface area contributed by atoms with Gasteiger partial charge in [0.15, 0.2) is 0 Å². The van der Waals surface area contributed by atoms with Gasteiger partial charge in [-0.2, -0.15) is 0 Å². The summed E-state index contributed by atoms with van der Waals surface area (Å²) in [5.41, 5.74) is 6.37. The molecule has 0 aliphatic carbocycles. The Kier molecular flexibility index (Phi) is 3.05. The third kappa shape index (κ3) is 2.06. The molecule has 0 unspecified atom stereocenters. The van der Waals surface area contributed by atoms with Gasteiger partial charge >= 0.3 is 6.03 Å². The van der Waals surface area contributed by atoms with Crippen LogP contribution in [-0.4, -0.2) is 40.9 Å². The van der Waals surface area contributed by atoms with Crippen molar-refractivity contribution in [2.45, 2.75) is 6.54 Å². The summed E-state index contributed by atoms with van der Waals surface area (Å²) in [5.74, 6) is 0. The van der Waals surface area contributed by atoms with Crippen molar-refractivity contribution in [1.29, 1.82) is 0 Å². The van der Waals surface area contributed by atoms with Gasteiger partial charge in [0.2, 0.25) is 0 Å². The molecule has 0 spiro atoms. The molecule has 7 nitrogen and oxygen atoms in total. The lowest BCUT2D eigenvalue weighted by Crippen LogP contribution is -2.29. The molecule has 18 heavy (non-hydrogen) atoms. The summed E-state index contributed by atoms with van der Waals surface area (Å²) >= 11 is 0. The highest BCUT2D eigenvalue weighted by Gasteiger charge is 2.26. The van der Waals surface area contributed by atoms with Crippen LogP contribution in [0.25, 0.3) is 0 Å². The van der Waals surface area contributed by atoms with Crippen molar-refractivity contribution in [3.63, 3.8) is 0 Å². The minimum absolute atomic E-state index is 0.0825. The lowest BCUT2D eigenvalue weighted by Gasteiger charge is -2.16. The molecule has 2 amide bonds. The first-order chi connectivity index (χ1) is 8.50. The molecule has 1 aromatic rings. The maximum Gasteiger partial charge on any atom is 0.320 e. The lowest BCUT2D eigenvalue weighted by molar-refractivity contribution is -0.384. The van der Waals surface area contributed by atoms with E-state index in [1.165, 1.54) is 6.07 Å². The summed E-state index contributed by atoms with van der Waals surface area (Å²) in [7, 11) is 1.72. The third-order valence-electron chi connectivity index (χ3n) is 3.03. The highest BCUT2D eigenvalue weighted by atomic mass is 16.6. The maximum atomic E-state index is 11.7.